The number of rotatable bonds is 23. The standard InChI is InChI=1S/C48H84O10Si3/c1-34(29-53-30-36-24-26-37(52-12)27-25-36)43-48(11,57-43)44(58-61(17,18)47(8,9)10)39(33-56-60(15,16)46(5,6)7)42(51)38(32-55-59(13,14)45(2,3)4)40(49)28-41(50)54-31-35-22-20-19-21-23-35/h19-27,34,38-40,42-44,49,51H,28-33H2,1-18H3/t34-,38+,39-,40-,42+,43+,44-,48-/m0/s1. The topological polar surface area (TPSA) is 125 Å². The van der Waals surface area contributed by atoms with E-state index < -0.39 is 66.7 Å². The van der Waals surface area contributed by atoms with Crippen molar-refractivity contribution in [1.82, 2.24) is 0 Å². The minimum Gasteiger partial charge on any atom is -0.497 e. The molecule has 2 aromatic carbocycles. The third kappa shape index (κ3) is 14.5. The number of carbonyl (C=O) groups is 1. The first-order chi connectivity index (χ1) is 27.9. The minimum atomic E-state index is -2.54. The first kappa shape index (κ1) is 53.4. The quantitative estimate of drug-likeness (QED) is 0.0632. The van der Waals surface area contributed by atoms with Crippen molar-refractivity contribution >= 4 is 30.9 Å². The summed E-state index contributed by atoms with van der Waals surface area (Å²) in [6, 6.07) is 17.3. The molecule has 13 heteroatoms. The Balaban J connectivity index is 2.07. The van der Waals surface area contributed by atoms with E-state index in [1.54, 1.807) is 7.11 Å². The second-order valence-electron chi connectivity index (χ2n) is 22.2. The Morgan fingerprint density at radius 1 is 0.721 bits per heavy atom. The van der Waals surface area contributed by atoms with Crippen LogP contribution in [0.5, 0.6) is 5.75 Å². The van der Waals surface area contributed by atoms with Crippen LogP contribution in [0.15, 0.2) is 54.6 Å². The van der Waals surface area contributed by atoms with Crippen molar-refractivity contribution in [3.63, 3.8) is 0 Å². The van der Waals surface area contributed by atoms with E-state index >= 15 is 0 Å². The highest BCUT2D eigenvalue weighted by molar-refractivity contribution is 6.75. The van der Waals surface area contributed by atoms with Gasteiger partial charge >= 0.3 is 5.97 Å². The molecule has 2 aromatic rings. The number of epoxide rings is 1. The molecule has 1 heterocycles. The molecule has 8 atom stereocenters. The fourth-order valence-corrected chi connectivity index (χ4v) is 10.2. The summed E-state index contributed by atoms with van der Waals surface area (Å²) in [5.41, 5.74) is 1.08. The molecule has 3 rings (SSSR count). The number of esters is 1. The minimum absolute atomic E-state index is 0.00411. The van der Waals surface area contributed by atoms with Gasteiger partial charge in [-0.2, -0.15) is 0 Å². The van der Waals surface area contributed by atoms with Gasteiger partial charge in [-0.1, -0.05) is 112 Å². The summed E-state index contributed by atoms with van der Waals surface area (Å²) in [4.78, 5) is 13.4. The molecule has 2 N–H and O–H groups in total. The predicted octanol–water partition coefficient (Wildman–Crippen LogP) is 10.5. The fourth-order valence-electron chi connectivity index (χ4n) is 6.73. The van der Waals surface area contributed by atoms with Gasteiger partial charge < -0.3 is 42.4 Å². The maximum absolute atomic E-state index is 13.4. The van der Waals surface area contributed by atoms with E-state index in [0.29, 0.717) is 13.2 Å². The van der Waals surface area contributed by atoms with Crippen molar-refractivity contribution in [2.24, 2.45) is 17.8 Å². The molecule has 0 radical (unpaired) electrons. The van der Waals surface area contributed by atoms with Crippen LogP contribution in [0.2, 0.25) is 54.4 Å². The molecule has 1 aliphatic heterocycles. The summed E-state index contributed by atoms with van der Waals surface area (Å²) in [6.07, 6.45) is -3.65. The number of hydrogen-bond donors (Lipinski definition) is 2. The van der Waals surface area contributed by atoms with E-state index in [4.69, 9.17) is 32.2 Å². The van der Waals surface area contributed by atoms with Gasteiger partial charge in [-0.3, -0.25) is 4.79 Å². The van der Waals surface area contributed by atoms with Crippen molar-refractivity contribution in [3.05, 3.63) is 65.7 Å². The molecule has 0 spiro atoms. The lowest BCUT2D eigenvalue weighted by Crippen LogP contribution is -2.58. The number of aliphatic hydroxyl groups is 2. The van der Waals surface area contributed by atoms with Gasteiger partial charge in [-0.25, -0.2) is 0 Å². The van der Waals surface area contributed by atoms with Crippen LogP contribution in [0.4, 0.5) is 0 Å². The van der Waals surface area contributed by atoms with E-state index in [-0.39, 0.29) is 53.4 Å². The Morgan fingerprint density at radius 2 is 1.21 bits per heavy atom. The normalized spacial score (nSPS) is 21.0. The van der Waals surface area contributed by atoms with Crippen LogP contribution in [-0.4, -0.2) is 98.1 Å². The zero-order valence-corrected chi connectivity index (χ0v) is 44.1. The van der Waals surface area contributed by atoms with Crippen LogP contribution < -0.4 is 4.74 Å². The number of benzene rings is 2. The van der Waals surface area contributed by atoms with E-state index in [2.05, 4.69) is 115 Å². The van der Waals surface area contributed by atoms with Crippen molar-refractivity contribution < 1.29 is 47.2 Å². The Kier molecular flexibility index (Phi) is 18.3. The smallest absolute Gasteiger partial charge is 0.308 e. The highest BCUT2D eigenvalue weighted by Crippen LogP contribution is 2.52. The zero-order valence-electron chi connectivity index (χ0n) is 41.1. The van der Waals surface area contributed by atoms with E-state index in [9.17, 15) is 15.0 Å². The molecule has 348 valence electrons. The Labute approximate surface area is 373 Å². The summed E-state index contributed by atoms with van der Waals surface area (Å²) in [5.74, 6) is -1.29. The number of ether oxygens (including phenoxy) is 4. The van der Waals surface area contributed by atoms with Gasteiger partial charge in [-0.05, 0) is 84.6 Å². The summed E-state index contributed by atoms with van der Waals surface area (Å²) in [6.45, 7) is 38.3. The molecule has 0 unspecified atom stereocenters. The highest BCUT2D eigenvalue weighted by Gasteiger charge is 2.65. The maximum atomic E-state index is 13.4. The molecule has 1 fully saturated rings. The molecular weight excluding hydrogens is 821 g/mol. The van der Waals surface area contributed by atoms with Crippen LogP contribution >= 0.6 is 0 Å². The Bertz CT molecular complexity index is 1650. The van der Waals surface area contributed by atoms with E-state index in [1.807, 2.05) is 54.6 Å². The fraction of sp³-hybridized carbons (Fsp3) is 0.729. The number of methoxy groups -OCH3 is 1. The van der Waals surface area contributed by atoms with Gasteiger partial charge in [0.05, 0.1) is 51.2 Å². The number of carbonyl (C=O) groups excluding carboxylic acids is 1. The van der Waals surface area contributed by atoms with Gasteiger partial charge in [0.15, 0.2) is 25.0 Å². The van der Waals surface area contributed by atoms with Crippen molar-refractivity contribution in [1.29, 1.82) is 0 Å². The highest BCUT2D eigenvalue weighted by atomic mass is 28.4. The third-order valence-corrected chi connectivity index (χ3v) is 27.7. The lowest BCUT2D eigenvalue weighted by Gasteiger charge is -2.47. The molecule has 0 bridgehead atoms. The average molecular weight is 905 g/mol. The molecule has 61 heavy (non-hydrogen) atoms. The van der Waals surface area contributed by atoms with Crippen molar-refractivity contribution in [3.8, 4) is 5.75 Å². The molecule has 0 aliphatic carbocycles. The van der Waals surface area contributed by atoms with Crippen LogP contribution in [0, 0.1) is 17.8 Å². The third-order valence-electron chi connectivity index (χ3n) is 14.3. The van der Waals surface area contributed by atoms with Crippen LogP contribution in [0.3, 0.4) is 0 Å². The molecule has 0 saturated carbocycles. The number of hydrogen-bond acceptors (Lipinski definition) is 10. The van der Waals surface area contributed by atoms with Gasteiger partial charge in [0.2, 0.25) is 0 Å². The molecule has 10 nitrogen and oxygen atoms in total. The summed E-state index contributed by atoms with van der Waals surface area (Å²) in [5, 5.41) is 24.8. The SMILES string of the molecule is COc1ccc(COC[C@H](C)[C@H]2O[C@]2(C)[C@@H](O[Si](C)(C)C(C)(C)C)[C@@H](CO[Si](C)(C)C(C)(C)C)[C@H](O)[C@H](CO[Si](C)(C)C(C)(C)C)[C@@H](O)CC(=O)OCc2ccccc2)cc1. The van der Waals surface area contributed by atoms with Crippen LogP contribution in [0.1, 0.15) is 93.7 Å². The van der Waals surface area contributed by atoms with Gasteiger partial charge in [-0.15, -0.1) is 0 Å². The summed E-state index contributed by atoms with van der Waals surface area (Å²) < 4.78 is 45.3. The first-order valence-electron chi connectivity index (χ1n) is 22.3. The van der Waals surface area contributed by atoms with Crippen LogP contribution in [-0.2, 0) is 45.5 Å². The zero-order chi connectivity index (χ0) is 46.4. The predicted molar refractivity (Wildman–Crippen MR) is 253 cm³/mol. The maximum Gasteiger partial charge on any atom is 0.308 e. The summed E-state index contributed by atoms with van der Waals surface area (Å²) in [7, 11) is -5.65. The molecule has 0 amide bonds. The second kappa shape index (κ2) is 20.9. The van der Waals surface area contributed by atoms with Gasteiger partial charge in [0.25, 0.3) is 0 Å². The van der Waals surface area contributed by atoms with Gasteiger partial charge in [0, 0.05) is 31.0 Å². The second-order valence-corrected chi connectivity index (χ2v) is 36.6. The molecule has 0 aromatic heterocycles. The Morgan fingerprint density at radius 3 is 1.70 bits per heavy atom. The summed E-state index contributed by atoms with van der Waals surface area (Å²) >= 11 is 0. The van der Waals surface area contributed by atoms with Gasteiger partial charge in [0.1, 0.15) is 18.0 Å². The average Bonchev–Trinajstić information content (AvgIpc) is 3.85. The largest absolute Gasteiger partial charge is 0.497 e. The van der Waals surface area contributed by atoms with E-state index in [1.165, 1.54) is 0 Å². The Hall–Kier alpha value is -1.92. The lowest BCUT2D eigenvalue weighted by molar-refractivity contribution is -0.150. The molecule has 1 aliphatic rings. The lowest BCUT2D eigenvalue weighted by atomic mass is 9.78. The monoisotopic (exact) mass is 905 g/mol. The molecular formula is C48H84O10Si3. The van der Waals surface area contributed by atoms with E-state index in [0.717, 1.165) is 16.9 Å². The number of aliphatic hydroxyl groups excluding tert-OH is 2. The van der Waals surface area contributed by atoms with Crippen LogP contribution in [0.25, 0.3) is 0 Å². The molecule has 1 saturated heterocycles. The van der Waals surface area contributed by atoms with Crippen molar-refractivity contribution in [2.45, 2.75) is 180 Å². The van der Waals surface area contributed by atoms with Crippen molar-refractivity contribution in [2.75, 3.05) is 26.9 Å². The first-order valence-corrected chi connectivity index (χ1v) is 31.0.